The average molecular weight is 447 g/mol. The molecule has 9 nitrogen and oxygen atoms in total. The predicted molar refractivity (Wildman–Crippen MR) is 120 cm³/mol. The van der Waals surface area contributed by atoms with E-state index in [2.05, 4.69) is 16.2 Å². The van der Waals surface area contributed by atoms with Gasteiger partial charge in [-0.15, -0.1) is 0 Å². The predicted octanol–water partition coefficient (Wildman–Crippen LogP) is 2.95. The Bertz CT molecular complexity index is 1190. The van der Waals surface area contributed by atoms with Gasteiger partial charge in [0.2, 0.25) is 0 Å². The van der Waals surface area contributed by atoms with Crippen molar-refractivity contribution in [2.45, 2.75) is 6.92 Å². The van der Waals surface area contributed by atoms with Crippen LogP contribution in [0.4, 0.5) is 5.69 Å². The number of amides is 3. The summed E-state index contributed by atoms with van der Waals surface area (Å²) in [6.07, 6.45) is 0. The van der Waals surface area contributed by atoms with Gasteiger partial charge in [0.25, 0.3) is 17.7 Å². The van der Waals surface area contributed by atoms with Crippen LogP contribution in [0.3, 0.4) is 0 Å². The number of hydrogen-bond donors (Lipinski definition) is 3. The third-order valence-electron chi connectivity index (χ3n) is 4.39. The summed E-state index contributed by atoms with van der Waals surface area (Å²) in [6.45, 7) is 1.25. The van der Waals surface area contributed by atoms with Crippen LogP contribution >= 0.6 is 0 Å². The van der Waals surface area contributed by atoms with Gasteiger partial charge in [-0.05, 0) is 48.5 Å². The molecule has 0 aliphatic rings. The van der Waals surface area contributed by atoms with Gasteiger partial charge in [-0.2, -0.15) is 0 Å². The smallest absolute Gasteiger partial charge is 0.308 e. The molecule has 0 atom stereocenters. The van der Waals surface area contributed by atoms with E-state index in [1.54, 1.807) is 42.5 Å². The number of carbonyl (C=O) groups excluding carboxylic acids is 4. The summed E-state index contributed by atoms with van der Waals surface area (Å²) in [5.74, 6) is -1.68. The zero-order chi connectivity index (χ0) is 23.8. The Hall–Kier alpha value is -4.66. The highest BCUT2D eigenvalue weighted by molar-refractivity contribution is 6.05. The minimum Gasteiger partial charge on any atom is -0.493 e. The van der Waals surface area contributed by atoms with Gasteiger partial charge in [0.1, 0.15) is 0 Å². The van der Waals surface area contributed by atoms with Crippen molar-refractivity contribution in [2.24, 2.45) is 0 Å². The lowest BCUT2D eigenvalue weighted by atomic mass is 10.1. The first kappa shape index (κ1) is 23.0. The molecule has 0 saturated heterocycles. The number of benzene rings is 3. The van der Waals surface area contributed by atoms with Crippen molar-refractivity contribution in [1.29, 1.82) is 0 Å². The standard InChI is InChI=1S/C24H21N3O6/c1-15(28)33-20-12-11-18(14-21(20)32-2)24(31)27-26-23(30)17-9-6-10-19(13-17)25-22(29)16-7-4-3-5-8-16/h3-14H,1-2H3,(H,25,29)(H,26,30)(H,27,31). The van der Waals surface area contributed by atoms with Gasteiger partial charge < -0.3 is 14.8 Å². The van der Waals surface area contributed by atoms with E-state index >= 15 is 0 Å². The van der Waals surface area contributed by atoms with Crippen LogP contribution in [-0.4, -0.2) is 30.8 Å². The topological polar surface area (TPSA) is 123 Å². The van der Waals surface area contributed by atoms with E-state index in [1.807, 2.05) is 0 Å². The summed E-state index contributed by atoms with van der Waals surface area (Å²) in [4.78, 5) is 48.3. The second-order valence-corrected chi connectivity index (χ2v) is 6.77. The normalized spacial score (nSPS) is 10.0. The third-order valence-corrected chi connectivity index (χ3v) is 4.39. The first-order chi connectivity index (χ1) is 15.9. The van der Waals surface area contributed by atoms with E-state index in [0.29, 0.717) is 11.3 Å². The lowest BCUT2D eigenvalue weighted by molar-refractivity contribution is -0.132. The molecule has 3 rings (SSSR count). The maximum Gasteiger partial charge on any atom is 0.308 e. The lowest BCUT2D eigenvalue weighted by Crippen LogP contribution is -2.41. The van der Waals surface area contributed by atoms with Crippen LogP contribution in [0.25, 0.3) is 0 Å². The fraction of sp³-hybridized carbons (Fsp3) is 0.0833. The van der Waals surface area contributed by atoms with Gasteiger partial charge in [0.05, 0.1) is 7.11 Å². The number of ether oxygens (including phenoxy) is 2. The quantitative estimate of drug-likeness (QED) is 0.303. The van der Waals surface area contributed by atoms with Crippen molar-refractivity contribution in [3.63, 3.8) is 0 Å². The first-order valence-corrected chi connectivity index (χ1v) is 9.81. The van der Waals surface area contributed by atoms with E-state index in [0.717, 1.165) is 0 Å². The molecule has 9 heteroatoms. The summed E-state index contributed by atoms with van der Waals surface area (Å²) in [6, 6.07) is 19.1. The first-order valence-electron chi connectivity index (χ1n) is 9.81. The Balaban J connectivity index is 1.62. The molecule has 0 aromatic heterocycles. The molecular formula is C24H21N3O6. The van der Waals surface area contributed by atoms with Crippen LogP contribution in [0.1, 0.15) is 38.0 Å². The van der Waals surface area contributed by atoms with Gasteiger partial charge in [0.15, 0.2) is 11.5 Å². The maximum atomic E-state index is 12.5. The lowest BCUT2D eigenvalue weighted by Gasteiger charge is -2.11. The van der Waals surface area contributed by atoms with Crippen molar-refractivity contribution in [3.8, 4) is 11.5 Å². The molecule has 3 aromatic carbocycles. The molecule has 3 amide bonds. The number of esters is 1. The molecule has 0 spiro atoms. The van der Waals surface area contributed by atoms with Gasteiger partial charge >= 0.3 is 5.97 Å². The van der Waals surface area contributed by atoms with E-state index in [-0.39, 0.29) is 28.5 Å². The highest BCUT2D eigenvalue weighted by Gasteiger charge is 2.14. The zero-order valence-corrected chi connectivity index (χ0v) is 17.9. The van der Waals surface area contributed by atoms with Crippen LogP contribution in [0.15, 0.2) is 72.8 Å². The Labute approximate surface area is 189 Å². The molecule has 0 bridgehead atoms. The number of methoxy groups -OCH3 is 1. The summed E-state index contributed by atoms with van der Waals surface area (Å²) in [5.41, 5.74) is 5.93. The highest BCUT2D eigenvalue weighted by Crippen LogP contribution is 2.28. The van der Waals surface area contributed by atoms with Gasteiger partial charge in [-0.1, -0.05) is 24.3 Å². The molecule has 0 saturated carbocycles. The molecule has 3 aromatic rings. The van der Waals surface area contributed by atoms with Crippen molar-refractivity contribution in [2.75, 3.05) is 12.4 Å². The van der Waals surface area contributed by atoms with Crippen molar-refractivity contribution < 1.29 is 28.7 Å². The van der Waals surface area contributed by atoms with E-state index in [1.165, 1.54) is 44.4 Å². The van der Waals surface area contributed by atoms with Gasteiger partial charge in [0, 0.05) is 29.3 Å². The largest absolute Gasteiger partial charge is 0.493 e. The van der Waals surface area contributed by atoms with Crippen LogP contribution in [0.5, 0.6) is 11.5 Å². The summed E-state index contributed by atoms with van der Waals surface area (Å²) >= 11 is 0. The van der Waals surface area contributed by atoms with Crippen LogP contribution in [0, 0.1) is 0 Å². The number of anilines is 1. The van der Waals surface area contributed by atoms with Crippen molar-refractivity contribution >= 4 is 29.4 Å². The van der Waals surface area contributed by atoms with Crippen LogP contribution in [-0.2, 0) is 4.79 Å². The molecular weight excluding hydrogens is 426 g/mol. The Kier molecular flexibility index (Phi) is 7.38. The second-order valence-electron chi connectivity index (χ2n) is 6.77. The fourth-order valence-corrected chi connectivity index (χ4v) is 2.84. The fourth-order valence-electron chi connectivity index (χ4n) is 2.84. The van der Waals surface area contributed by atoms with E-state index in [4.69, 9.17) is 9.47 Å². The molecule has 168 valence electrons. The molecule has 0 heterocycles. The Morgan fingerprint density at radius 1 is 0.667 bits per heavy atom. The minimum atomic E-state index is -0.607. The average Bonchev–Trinajstić information content (AvgIpc) is 2.82. The molecule has 0 aliphatic heterocycles. The number of hydrogen-bond acceptors (Lipinski definition) is 6. The molecule has 33 heavy (non-hydrogen) atoms. The number of carbonyl (C=O) groups is 4. The molecule has 0 radical (unpaired) electrons. The van der Waals surface area contributed by atoms with E-state index in [9.17, 15) is 19.2 Å². The molecule has 3 N–H and O–H groups in total. The molecule has 0 aliphatic carbocycles. The monoisotopic (exact) mass is 447 g/mol. The summed E-state index contributed by atoms with van der Waals surface area (Å²) in [7, 11) is 1.37. The van der Waals surface area contributed by atoms with E-state index < -0.39 is 17.8 Å². The SMILES string of the molecule is COc1cc(C(=O)NNC(=O)c2cccc(NC(=O)c3ccccc3)c2)ccc1OC(C)=O. The Morgan fingerprint density at radius 2 is 1.30 bits per heavy atom. The van der Waals surface area contributed by atoms with Gasteiger partial charge in [-0.25, -0.2) is 0 Å². The van der Waals surface area contributed by atoms with Crippen molar-refractivity contribution in [3.05, 3.63) is 89.5 Å². The van der Waals surface area contributed by atoms with Crippen molar-refractivity contribution in [1.82, 2.24) is 10.9 Å². The number of rotatable bonds is 6. The zero-order valence-electron chi connectivity index (χ0n) is 17.9. The number of hydrazine groups is 1. The maximum absolute atomic E-state index is 12.5. The highest BCUT2D eigenvalue weighted by atomic mass is 16.6. The number of nitrogens with one attached hydrogen (secondary N) is 3. The van der Waals surface area contributed by atoms with Gasteiger partial charge in [-0.3, -0.25) is 30.0 Å². The molecule has 0 fully saturated rings. The minimum absolute atomic E-state index is 0.167. The Morgan fingerprint density at radius 3 is 1.94 bits per heavy atom. The van der Waals surface area contributed by atoms with Crippen LogP contribution < -0.4 is 25.6 Å². The summed E-state index contributed by atoms with van der Waals surface area (Å²) in [5, 5.41) is 2.72. The molecule has 0 unspecified atom stereocenters. The third kappa shape index (κ3) is 6.17. The second kappa shape index (κ2) is 10.6. The van der Waals surface area contributed by atoms with Crippen LogP contribution in [0.2, 0.25) is 0 Å². The summed E-state index contributed by atoms with van der Waals surface area (Å²) < 4.78 is 10.1.